The number of nitrogens with zero attached hydrogens (tertiary/aromatic N) is 2. The number of anilines is 3. The van der Waals surface area contributed by atoms with Gasteiger partial charge in [0.2, 0.25) is 5.89 Å². The van der Waals surface area contributed by atoms with E-state index >= 15 is 0 Å². The summed E-state index contributed by atoms with van der Waals surface area (Å²) in [4.78, 5) is 7.61. The molecule has 0 amide bonds. The molecular weight excluding hydrogens is 681 g/mol. The lowest BCUT2D eigenvalue weighted by atomic mass is 9.95. The number of fused-ring (bicyclic) bond motifs is 6. The van der Waals surface area contributed by atoms with Gasteiger partial charge in [-0.2, -0.15) is 0 Å². The predicted octanol–water partition coefficient (Wildman–Crippen LogP) is 14.9. The van der Waals surface area contributed by atoms with Crippen LogP contribution in [0.2, 0.25) is 0 Å². The molecule has 0 fully saturated rings. The highest BCUT2D eigenvalue weighted by atomic mass is 16.3. The fourth-order valence-electron chi connectivity index (χ4n) is 8.36. The van der Waals surface area contributed by atoms with E-state index in [-0.39, 0.29) is 0 Å². The van der Waals surface area contributed by atoms with Gasteiger partial charge in [-0.15, -0.1) is 0 Å². The van der Waals surface area contributed by atoms with Crippen LogP contribution in [0, 0.1) is 0 Å². The Morgan fingerprint density at radius 3 is 1.79 bits per heavy atom. The summed E-state index contributed by atoms with van der Waals surface area (Å²) < 4.78 is 6.96. The lowest BCUT2D eigenvalue weighted by molar-refractivity contribution is 0.620. The zero-order valence-corrected chi connectivity index (χ0v) is 30.4. The molecule has 0 bridgehead atoms. The number of hydrogen-bond donors (Lipinski definition) is 0. The Morgan fingerprint density at radius 2 is 0.964 bits per heavy atom. The smallest absolute Gasteiger partial charge is 0.227 e. The third-order valence-corrected chi connectivity index (χ3v) is 11.1. The molecule has 0 radical (unpaired) electrons. The van der Waals surface area contributed by atoms with E-state index in [9.17, 15) is 0 Å². The van der Waals surface area contributed by atoms with Crippen molar-refractivity contribution in [3.8, 4) is 33.7 Å². The van der Waals surface area contributed by atoms with Gasteiger partial charge in [-0.25, -0.2) is 4.98 Å². The maximum atomic E-state index is 6.96. The number of aromatic nitrogens is 1. The maximum absolute atomic E-state index is 6.96. The second-order valence-electron chi connectivity index (χ2n) is 14.3. The van der Waals surface area contributed by atoms with Crippen molar-refractivity contribution < 1.29 is 4.42 Å². The van der Waals surface area contributed by atoms with E-state index in [0.29, 0.717) is 5.89 Å². The number of benzene rings is 10. The molecule has 0 unspecified atom stereocenters. The fraction of sp³-hybridized carbons (Fsp3) is 0. The summed E-state index contributed by atoms with van der Waals surface area (Å²) in [5.74, 6) is 0.596. The second kappa shape index (κ2) is 13.1. The summed E-state index contributed by atoms with van der Waals surface area (Å²) >= 11 is 0. The summed E-state index contributed by atoms with van der Waals surface area (Å²) in [6.07, 6.45) is 0. The van der Waals surface area contributed by atoms with Crippen LogP contribution >= 0.6 is 0 Å². The molecule has 56 heavy (non-hydrogen) atoms. The van der Waals surface area contributed by atoms with Crippen molar-refractivity contribution in [2.24, 2.45) is 0 Å². The van der Waals surface area contributed by atoms with Crippen molar-refractivity contribution in [3.63, 3.8) is 0 Å². The van der Waals surface area contributed by atoms with Crippen molar-refractivity contribution in [3.05, 3.63) is 206 Å². The standard InChI is InChI=1S/C53H34N2O/c1-2-14-36(15-3-1)45-31-32-49(48-23-11-10-22-47(45)48)55(42-29-27-38(28-30-42)44-24-12-19-37-16-6-8-20-43(37)44)50-34-40-18-7-9-21-46(40)51-52(50)56-53(54-51)41-26-25-35-13-4-5-17-39(35)33-41/h1-34H. The second-order valence-corrected chi connectivity index (χ2v) is 14.3. The monoisotopic (exact) mass is 714 g/mol. The molecule has 10 aromatic carbocycles. The van der Waals surface area contributed by atoms with Crippen LogP contribution in [0.15, 0.2) is 211 Å². The van der Waals surface area contributed by atoms with Gasteiger partial charge in [-0.1, -0.05) is 170 Å². The first-order chi connectivity index (χ1) is 27.8. The number of hydrogen-bond acceptors (Lipinski definition) is 3. The minimum Gasteiger partial charge on any atom is -0.434 e. The Labute approximate surface area is 324 Å². The Morgan fingerprint density at radius 1 is 0.357 bits per heavy atom. The first-order valence-corrected chi connectivity index (χ1v) is 19.0. The van der Waals surface area contributed by atoms with Gasteiger partial charge in [-0.3, -0.25) is 0 Å². The minimum absolute atomic E-state index is 0.596. The highest BCUT2D eigenvalue weighted by molar-refractivity contribution is 6.14. The summed E-state index contributed by atoms with van der Waals surface area (Å²) in [5.41, 5.74) is 10.3. The van der Waals surface area contributed by atoms with Gasteiger partial charge in [0.1, 0.15) is 5.52 Å². The average Bonchev–Trinajstić information content (AvgIpc) is 3.73. The molecule has 1 aromatic heterocycles. The fourth-order valence-corrected chi connectivity index (χ4v) is 8.36. The SMILES string of the molecule is c1ccc(-c2ccc(N(c3ccc(-c4cccc5ccccc45)cc3)c3cc4ccccc4c4nc(-c5ccc6ccccc6c5)oc34)c3ccccc23)cc1. The molecule has 0 atom stereocenters. The zero-order chi connectivity index (χ0) is 37.0. The van der Waals surface area contributed by atoms with E-state index in [1.807, 2.05) is 0 Å². The van der Waals surface area contributed by atoms with Gasteiger partial charge in [0.05, 0.1) is 11.4 Å². The van der Waals surface area contributed by atoms with Crippen molar-refractivity contribution >= 4 is 71.3 Å². The molecule has 0 aliphatic rings. The summed E-state index contributed by atoms with van der Waals surface area (Å²) in [7, 11) is 0. The van der Waals surface area contributed by atoms with Gasteiger partial charge < -0.3 is 9.32 Å². The highest BCUT2D eigenvalue weighted by Gasteiger charge is 2.24. The van der Waals surface area contributed by atoms with Crippen LogP contribution < -0.4 is 4.90 Å². The highest BCUT2D eigenvalue weighted by Crippen LogP contribution is 2.47. The summed E-state index contributed by atoms with van der Waals surface area (Å²) in [6.45, 7) is 0. The molecule has 0 spiro atoms. The molecule has 11 aromatic rings. The lowest BCUT2D eigenvalue weighted by Crippen LogP contribution is -2.11. The third kappa shape index (κ3) is 5.32. The zero-order valence-electron chi connectivity index (χ0n) is 30.4. The van der Waals surface area contributed by atoms with Crippen molar-refractivity contribution in [1.29, 1.82) is 0 Å². The summed E-state index contributed by atoms with van der Waals surface area (Å²) in [6, 6.07) is 73.5. The van der Waals surface area contributed by atoms with Gasteiger partial charge in [0.25, 0.3) is 0 Å². The van der Waals surface area contributed by atoms with Crippen LogP contribution in [0.25, 0.3) is 87.9 Å². The Balaban J connectivity index is 1.17. The third-order valence-electron chi connectivity index (χ3n) is 11.1. The van der Waals surface area contributed by atoms with Gasteiger partial charge in [0.15, 0.2) is 5.58 Å². The van der Waals surface area contributed by atoms with Crippen molar-refractivity contribution in [2.45, 2.75) is 0 Å². The molecular formula is C53H34N2O. The lowest BCUT2D eigenvalue weighted by Gasteiger charge is -2.28. The van der Waals surface area contributed by atoms with E-state index < -0.39 is 0 Å². The van der Waals surface area contributed by atoms with E-state index in [2.05, 4.69) is 211 Å². The van der Waals surface area contributed by atoms with Crippen LogP contribution in [0.3, 0.4) is 0 Å². The first-order valence-electron chi connectivity index (χ1n) is 19.0. The summed E-state index contributed by atoms with van der Waals surface area (Å²) in [5, 5.41) is 9.27. The molecule has 1 heterocycles. The molecule has 11 rings (SSSR count). The molecule has 0 aliphatic carbocycles. The molecule has 262 valence electrons. The Hall–Kier alpha value is -7.49. The van der Waals surface area contributed by atoms with Crippen LogP contribution in [-0.2, 0) is 0 Å². The van der Waals surface area contributed by atoms with Crippen molar-refractivity contribution in [1.82, 2.24) is 4.98 Å². The number of oxazole rings is 1. The average molecular weight is 715 g/mol. The van der Waals surface area contributed by atoms with Crippen LogP contribution in [0.4, 0.5) is 17.1 Å². The number of rotatable bonds is 6. The topological polar surface area (TPSA) is 29.3 Å². The Kier molecular flexibility index (Phi) is 7.49. The van der Waals surface area contributed by atoms with E-state index in [1.165, 1.54) is 38.2 Å². The van der Waals surface area contributed by atoms with Crippen molar-refractivity contribution in [2.75, 3.05) is 4.90 Å². The van der Waals surface area contributed by atoms with Crippen LogP contribution in [0.1, 0.15) is 0 Å². The molecule has 0 aliphatic heterocycles. The minimum atomic E-state index is 0.596. The first kappa shape index (κ1) is 32.0. The van der Waals surface area contributed by atoms with Crippen LogP contribution in [-0.4, -0.2) is 4.98 Å². The largest absolute Gasteiger partial charge is 0.434 e. The van der Waals surface area contributed by atoms with E-state index in [1.54, 1.807) is 0 Å². The molecule has 3 heteroatoms. The van der Waals surface area contributed by atoms with Gasteiger partial charge >= 0.3 is 0 Å². The Bertz CT molecular complexity index is 3250. The normalized spacial score (nSPS) is 11.6. The maximum Gasteiger partial charge on any atom is 0.227 e. The van der Waals surface area contributed by atoms with E-state index in [4.69, 9.17) is 9.40 Å². The van der Waals surface area contributed by atoms with E-state index in [0.717, 1.165) is 60.8 Å². The van der Waals surface area contributed by atoms with Gasteiger partial charge in [-0.05, 0) is 91.0 Å². The quantitative estimate of drug-likeness (QED) is 0.172. The predicted molar refractivity (Wildman–Crippen MR) is 235 cm³/mol. The molecule has 0 saturated heterocycles. The van der Waals surface area contributed by atoms with Gasteiger partial charge in [0, 0.05) is 22.0 Å². The molecule has 0 N–H and O–H groups in total. The molecule has 0 saturated carbocycles. The molecule has 3 nitrogen and oxygen atoms in total. The van der Waals surface area contributed by atoms with Crippen LogP contribution in [0.5, 0.6) is 0 Å².